The zero-order valence-electron chi connectivity index (χ0n) is 11.8. The average Bonchev–Trinajstić information content (AvgIpc) is 2.48. The van der Waals surface area contributed by atoms with Crippen LogP contribution in [-0.4, -0.2) is 26.3 Å². The van der Waals surface area contributed by atoms with E-state index in [2.05, 4.69) is 4.98 Å². The Hall–Kier alpha value is -2.30. The molecule has 1 aromatic heterocycles. The van der Waals surface area contributed by atoms with E-state index in [1.165, 1.54) is 13.3 Å². The van der Waals surface area contributed by atoms with Crippen molar-refractivity contribution in [1.82, 2.24) is 4.98 Å². The summed E-state index contributed by atoms with van der Waals surface area (Å²) < 4.78 is 23.9. The van der Waals surface area contributed by atoms with E-state index in [0.29, 0.717) is 18.1 Å². The first kappa shape index (κ1) is 14.1. The number of aromatic nitrogens is 1. The van der Waals surface area contributed by atoms with Crippen molar-refractivity contribution >= 4 is 5.69 Å². The molecule has 0 unspecified atom stereocenters. The third-order valence-corrected chi connectivity index (χ3v) is 3.01. The Kier molecular flexibility index (Phi) is 4.40. The summed E-state index contributed by atoms with van der Waals surface area (Å²) in [6.45, 7) is 0.577. The molecule has 1 aromatic carbocycles. The van der Waals surface area contributed by atoms with Gasteiger partial charge in [0, 0.05) is 19.7 Å². The van der Waals surface area contributed by atoms with Gasteiger partial charge in [-0.25, -0.2) is 9.37 Å². The molecule has 5 heteroatoms. The van der Waals surface area contributed by atoms with Gasteiger partial charge in [0.1, 0.15) is 5.75 Å². The van der Waals surface area contributed by atoms with Crippen LogP contribution in [0.25, 0.3) is 0 Å². The second-order valence-electron chi connectivity index (χ2n) is 4.38. The third-order valence-electron chi connectivity index (χ3n) is 3.01. The number of benzene rings is 1. The molecule has 2 aromatic rings. The monoisotopic (exact) mass is 276 g/mol. The van der Waals surface area contributed by atoms with Gasteiger partial charge in [-0.2, -0.15) is 0 Å². The highest BCUT2D eigenvalue weighted by Gasteiger charge is 2.10. The molecule has 0 saturated heterocycles. The van der Waals surface area contributed by atoms with Crippen molar-refractivity contribution in [3.05, 3.63) is 47.9 Å². The molecule has 4 nitrogen and oxygen atoms in total. The summed E-state index contributed by atoms with van der Waals surface area (Å²) in [5, 5.41) is 0. The van der Waals surface area contributed by atoms with Crippen LogP contribution in [0.3, 0.4) is 0 Å². The minimum Gasteiger partial charge on any atom is -0.497 e. The first-order valence-electron chi connectivity index (χ1n) is 6.17. The van der Waals surface area contributed by atoms with Crippen molar-refractivity contribution in [3.8, 4) is 11.6 Å². The first-order valence-corrected chi connectivity index (χ1v) is 6.17. The zero-order valence-corrected chi connectivity index (χ0v) is 11.8. The van der Waals surface area contributed by atoms with E-state index in [1.54, 1.807) is 18.1 Å². The molecule has 2 rings (SSSR count). The van der Waals surface area contributed by atoms with Crippen LogP contribution in [0.2, 0.25) is 0 Å². The van der Waals surface area contributed by atoms with E-state index >= 15 is 0 Å². The Morgan fingerprint density at radius 3 is 2.45 bits per heavy atom. The molecule has 0 bridgehead atoms. The lowest BCUT2D eigenvalue weighted by molar-refractivity contribution is 0.396. The molecule has 0 aliphatic carbocycles. The van der Waals surface area contributed by atoms with Crippen LogP contribution in [-0.2, 0) is 6.54 Å². The molecule has 106 valence electrons. The van der Waals surface area contributed by atoms with Gasteiger partial charge in [0.15, 0.2) is 5.82 Å². The van der Waals surface area contributed by atoms with Gasteiger partial charge in [0.2, 0.25) is 5.88 Å². The standard InChI is InChI=1S/C15H17FN2O2/c1-18(10-11-4-6-12(19-2)7-5-11)14-8-15(20-3)17-9-13(14)16/h4-9H,10H2,1-3H3. The molecule has 1 heterocycles. The van der Waals surface area contributed by atoms with Gasteiger partial charge in [-0.3, -0.25) is 0 Å². The average molecular weight is 276 g/mol. The van der Waals surface area contributed by atoms with Gasteiger partial charge >= 0.3 is 0 Å². The van der Waals surface area contributed by atoms with Crippen LogP contribution in [0, 0.1) is 5.82 Å². The highest BCUT2D eigenvalue weighted by atomic mass is 19.1. The summed E-state index contributed by atoms with van der Waals surface area (Å²) in [6, 6.07) is 9.25. The summed E-state index contributed by atoms with van der Waals surface area (Å²) in [6.07, 6.45) is 1.17. The Morgan fingerprint density at radius 2 is 1.85 bits per heavy atom. The van der Waals surface area contributed by atoms with Crippen molar-refractivity contribution < 1.29 is 13.9 Å². The maximum Gasteiger partial charge on any atom is 0.215 e. The predicted octanol–water partition coefficient (Wildman–Crippen LogP) is 2.87. The van der Waals surface area contributed by atoms with E-state index in [1.807, 2.05) is 31.3 Å². The quantitative estimate of drug-likeness (QED) is 0.841. The number of hydrogen-bond acceptors (Lipinski definition) is 4. The topological polar surface area (TPSA) is 34.6 Å². The molecular weight excluding hydrogens is 259 g/mol. The van der Waals surface area contributed by atoms with Gasteiger partial charge in [0.05, 0.1) is 26.1 Å². The maximum absolute atomic E-state index is 13.8. The van der Waals surface area contributed by atoms with Crippen molar-refractivity contribution in [3.63, 3.8) is 0 Å². The summed E-state index contributed by atoms with van der Waals surface area (Å²) in [7, 11) is 4.95. The van der Waals surface area contributed by atoms with Crippen LogP contribution >= 0.6 is 0 Å². The highest BCUT2D eigenvalue weighted by Crippen LogP contribution is 2.23. The maximum atomic E-state index is 13.8. The van der Waals surface area contributed by atoms with Gasteiger partial charge in [-0.05, 0) is 17.7 Å². The molecule has 0 fully saturated rings. The Morgan fingerprint density at radius 1 is 1.15 bits per heavy atom. The second kappa shape index (κ2) is 6.23. The number of methoxy groups -OCH3 is 2. The molecule has 0 aliphatic rings. The van der Waals surface area contributed by atoms with Crippen molar-refractivity contribution in [2.24, 2.45) is 0 Å². The van der Waals surface area contributed by atoms with E-state index in [-0.39, 0.29) is 5.82 Å². The lowest BCUT2D eigenvalue weighted by atomic mass is 10.2. The third kappa shape index (κ3) is 3.17. The zero-order chi connectivity index (χ0) is 14.5. The molecule has 20 heavy (non-hydrogen) atoms. The molecule has 0 radical (unpaired) electrons. The smallest absolute Gasteiger partial charge is 0.215 e. The lowest BCUT2D eigenvalue weighted by Crippen LogP contribution is -2.18. The van der Waals surface area contributed by atoms with Crippen molar-refractivity contribution in [2.45, 2.75) is 6.54 Å². The predicted molar refractivity (Wildman–Crippen MR) is 75.8 cm³/mol. The lowest BCUT2D eigenvalue weighted by Gasteiger charge is -2.20. The van der Waals surface area contributed by atoms with Gasteiger partial charge in [-0.15, -0.1) is 0 Å². The van der Waals surface area contributed by atoms with Gasteiger partial charge in [0.25, 0.3) is 0 Å². The van der Waals surface area contributed by atoms with Crippen LogP contribution in [0.15, 0.2) is 36.5 Å². The SMILES string of the molecule is COc1ccc(CN(C)c2cc(OC)ncc2F)cc1. The number of pyridine rings is 1. The Labute approximate surface area is 117 Å². The Bertz CT molecular complexity index is 573. The summed E-state index contributed by atoms with van der Waals surface area (Å²) in [5.74, 6) is 0.818. The van der Waals surface area contributed by atoms with Gasteiger partial charge < -0.3 is 14.4 Å². The van der Waals surface area contributed by atoms with Crippen LogP contribution in [0.4, 0.5) is 10.1 Å². The Balaban J connectivity index is 2.16. The molecule has 0 saturated carbocycles. The minimum atomic E-state index is -0.373. The molecular formula is C15H17FN2O2. The second-order valence-corrected chi connectivity index (χ2v) is 4.38. The van der Waals surface area contributed by atoms with E-state index in [0.717, 1.165) is 11.3 Å². The fraction of sp³-hybridized carbons (Fsp3) is 0.267. The highest BCUT2D eigenvalue weighted by molar-refractivity contribution is 5.49. The summed E-state index contributed by atoms with van der Waals surface area (Å²) in [5.41, 5.74) is 1.51. The summed E-state index contributed by atoms with van der Waals surface area (Å²) >= 11 is 0. The van der Waals surface area contributed by atoms with Crippen molar-refractivity contribution in [2.75, 3.05) is 26.2 Å². The van der Waals surface area contributed by atoms with E-state index in [4.69, 9.17) is 9.47 Å². The fourth-order valence-corrected chi connectivity index (χ4v) is 1.90. The molecule has 0 amide bonds. The molecule has 0 N–H and O–H groups in total. The molecule has 0 aliphatic heterocycles. The number of hydrogen-bond donors (Lipinski definition) is 0. The first-order chi connectivity index (χ1) is 9.63. The number of ether oxygens (including phenoxy) is 2. The van der Waals surface area contributed by atoms with Crippen LogP contribution in [0.1, 0.15) is 5.56 Å². The number of nitrogens with zero attached hydrogens (tertiary/aromatic N) is 2. The normalized spacial score (nSPS) is 10.2. The summed E-state index contributed by atoms with van der Waals surface area (Å²) in [4.78, 5) is 5.64. The van der Waals surface area contributed by atoms with Crippen molar-refractivity contribution in [1.29, 1.82) is 0 Å². The largest absolute Gasteiger partial charge is 0.497 e. The van der Waals surface area contributed by atoms with E-state index < -0.39 is 0 Å². The minimum absolute atomic E-state index is 0.373. The number of halogens is 1. The number of anilines is 1. The van der Waals surface area contributed by atoms with E-state index in [9.17, 15) is 4.39 Å². The van der Waals surface area contributed by atoms with Crippen LogP contribution in [0.5, 0.6) is 11.6 Å². The fourth-order valence-electron chi connectivity index (χ4n) is 1.90. The van der Waals surface area contributed by atoms with Crippen LogP contribution < -0.4 is 14.4 Å². The number of rotatable bonds is 5. The molecule has 0 spiro atoms. The molecule has 0 atom stereocenters. The van der Waals surface area contributed by atoms with Gasteiger partial charge in [-0.1, -0.05) is 12.1 Å².